The highest BCUT2D eigenvalue weighted by atomic mass is 16.5. The number of morpholine rings is 1. The molecular weight excluding hydrogens is 300 g/mol. The molecule has 0 saturated carbocycles. The van der Waals surface area contributed by atoms with E-state index < -0.39 is 5.97 Å². The summed E-state index contributed by atoms with van der Waals surface area (Å²) >= 11 is 0. The summed E-state index contributed by atoms with van der Waals surface area (Å²) in [6.07, 6.45) is 1.38. The Balaban J connectivity index is 2.30. The molecule has 0 radical (unpaired) electrons. The Morgan fingerprint density at radius 2 is 2.00 bits per heavy atom. The number of methoxy groups -OCH3 is 2. The lowest BCUT2D eigenvalue weighted by Gasteiger charge is -2.31. The molecule has 2 aromatic rings. The number of ether oxygens (including phenoxy) is 3. The Morgan fingerprint density at radius 3 is 2.61 bits per heavy atom. The van der Waals surface area contributed by atoms with Gasteiger partial charge in [0, 0.05) is 30.7 Å². The van der Waals surface area contributed by atoms with Gasteiger partial charge in [-0.2, -0.15) is 0 Å². The molecule has 122 valence electrons. The summed E-state index contributed by atoms with van der Waals surface area (Å²) in [5.41, 5.74) is 1.40. The van der Waals surface area contributed by atoms with Gasteiger partial charge in [-0.25, -0.2) is 4.79 Å². The third-order valence-corrected chi connectivity index (χ3v) is 3.89. The number of carboxylic acid groups (broad SMARTS) is 1. The monoisotopic (exact) mass is 318 g/mol. The zero-order valence-electron chi connectivity index (χ0n) is 13.0. The second-order valence-electron chi connectivity index (χ2n) is 5.15. The highest BCUT2D eigenvalue weighted by Gasteiger charge is 2.23. The summed E-state index contributed by atoms with van der Waals surface area (Å²) in [4.78, 5) is 18.0. The fraction of sp³-hybridized carbons (Fsp3) is 0.375. The zero-order chi connectivity index (χ0) is 16.4. The van der Waals surface area contributed by atoms with Crippen LogP contribution in [-0.4, -0.2) is 56.6 Å². The number of rotatable bonds is 4. The molecule has 7 nitrogen and oxygen atoms in total. The van der Waals surface area contributed by atoms with Crippen LogP contribution in [0.1, 0.15) is 10.4 Å². The number of anilines is 1. The number of benzene rings is 1. The van der Waals surface area contributed by atoms with Crippen molar-refractivity contribution in [2.45, 2.75) is 0 Å². The van der Waals surface area contributed by atoms with Gasteiger partial charge < -0.3 is 24.2 Å². The van der Waals surface area contributed by atoms with Crippen molar-refractivity contribution in [2.24, 2.45) is 0 Å². The third-order valence-electron chi connectivity index (χ3n) is 3.89. The lowest BCUT2D eigenvalue weighted by Crippen LogP contribution is -2.37. The summed E-state index contributed by atoms with van der Waals surface area (Å²) in [7, 11) is 3.11. The van der Waals surface area contributed by atoms with Gasteiger partial charge in [0.05, 0.1) is 33.1 Å². The largest absolute Gasteiger partial charge is 0.497 e. The normalized spacial score (nSPS) is 14.8. The molecule has 1 saturated heterocycles. The number of pyridine rings is 1. The number of carbonyl (C=O) groups is 1. The van der Waals surface area contributed by atoms with E-state index in [9.17, 15) is 9.90 Å². The standard InChI is InChI=1S/C16H18N2O5/c1-21-10-7-11-14(13(8-10)22-2)17-9-12(16(19)20)15(11)18-3-5-23-6-4-18/h7-9H,3-6H2,1-2H3,(H,19,20). The van der Waals surface area contributed by atoms with E-state index in [4.69, 9.17) is 14.2 Å². The van der Waals surface area contributed by atoms with Gasteiger partial charge in [0.15, 0.2) is 0 Å². The molecule has 0 atom stereocenters. The lowest BCUT2D eigenvalue weighted by atomic mass is 10.1. The van der Waals surface area contributed by atoms with Crippen LogP contribution in [0.2, 0.25) is 0 Å². The Bertz CT molecular complexity index is 741. The van der Waals surface area contributed by atoms with Gasteiger partial charge in [0.25, 0.3) is 0 Å². The minimum Gasteiger partial charge on any atom is -0.497 e. The van der Waals surface area contributed by atoms with Crippen LogP contribution in [0.25, 0.3) is 10.9 Å². The van der Waals surface area contributed by atoms with Crippen molar-refractivity contribution in [1.82, 2.24) is 4.98 Å². The van der Waals surface area contributed by atoms with Crippen LogP contribution in [0, 0.1) is 0 Å². The van der Waals surface area contributed by atoms with Crippen LogP contribution in [-0.2, 0) is 4.74 Å². The molecule has 0 bridgehead atoms. The molecule has 1 N–H and O–H groups in total. The second-order valence-corrected chi connectivity index (χ2v) is 5.15. The van der Waals surface area contributed by atoms with Crippen LogP contribution in [0.5, 0.6) is 11.5 Å². The number of fused-ring (bicyclic) bond motifs is 1. The fourth-order valence-corrected chi connectivity index (χ4v) is 2.79. The van der Waals surface area contributed by atoms with E-state index in [0.29, 0.717) is 54.4 Å². The third kappa shape index (κ3) is 2.75. The highest BCUT2D eigenvalue weighted by molar-refractivity contribution is 6.06. The Hall–Kier alpha value is -2.54. The van der Waals surface area contributed by atoms with Gasteiger partial charge >= 0.3 is 5.97 Å². The first-order chi connectivity index (χ1) is 11.2. The van der Waals surface area contributed by atoms with E-state index in [-0.39, 0.29) is 5.56 Å². The van der Waals surface area contributed by atoms with Crippen LogP contribution < -0.4 is 14.4 Å². The number of hydrogen-bond acceptors (Lipinski definition) is 6. The van der Waals surface area contributed by atoms with Crippen molar-refractivity contribution in [3.8, 4) is 11.5 Å². The zero-order valence-corrected chi connectivity index (χ0v) is 13.0. The van der Waals surface area contributed by atoms with Gasteiger partial charge in [-0.3, -0.25) is 4.98 Å². The first-order valence-electron chi connectivity index (χ1n) is 7.26. The molecule has 3 rings (SSSR count). The van der Waals surface area contributed by atoms with Crippen LogP contribution in [0.15, 0.2) is 18.3 Å². The molecule has 0 amide bonds. The van der Waals surface area contributed by atoms with Gasteiger partial charge in [0.1, 0.15) is 22.6 Å². The molecular formula is C16H18N2O5. The number of aromatic carboxylic acids is 1. The topological polar surface area (TPSA) is 81.1 Å². The van der Waals surface area contributed by atoms with E-state index in [1.807, 2.05) is 4.90 Å². The average molecular weight is 318 g/mol. The summed E-state index contributed by atoms with van der Waals surface area (Å²) < 4.78 is 16.1. The van der Waals surface area contributed by atoms with Crippen molar-refractivity contribution in [1.29, 1.82) is 0 Å². The van der Waals surface area contributed by atoms with E-state index in [2.05, 4.69) is 4.98 Å². The summed E-state index contributed by atoms with van der Waals surface area (Å²) in [5.74, 6) is 0.127. The van der Waals surface area contributed by atoms with Gasteiger partial charge in [0.2, 0.25) is 0 Å². The van der Waals surface area contributed by atoms with E-state index >= 15 is 0 Å². The maximum atomic E-state index is 11.7. The molecule has 0 aliphatic carbocycles. The van der Waals surface area contributed by atoms with Crippen LogP contribution in [0.4, 0.5) is 5.69 Å². The van der Waals surface area contributed by atoms with Crippen molar-refractivity contribution in [2.75, 3.05) is 45.4 Å². The highest BCUT2D eigenvalue weighted by Crippen LogP contribution is 2.37. The molecule has 2 heterocycles. The molecule has 1 aliphatic rings. The Kier molecular flexibility index (Phi) is 4.20. The molecule has 0 unspecified atom stereocenters. The van der Waals surface area contributed by atoms with Crippen LogP contribution in [0.3, 0.4) is 0 Å². The fourth-order valence-electron chi connectivity index (χ4n) is 2.79. The van der Waals surface area contributed by atoms with Gasteiger partial charge in [-0.15, -0.1) is 0 Å². The summed E-state index contributed by atoms with van der Waals surface area (Å²) in [6, 6.07) is 3.53. The molecule has 0 spiro atoms. The maximum Gasteiger partial charge on any atom is 0.339 e. The van der Waals surface area contributed by atoms with Crippen LogP contribution >= 0.6 is 0 Å². The number of carboxylic acids is 1. The number of aromatic nitrogens is 1. The number of nitrogens with zero attached hydrogens (tertiary/aromatic N) is 2. The number of hydrogen-bond donors (Lipinski definition) is 1. The van der Waals surface area contributed by atoms with Gasteiger partial charge in [-0.1, -0.05) is 0 Å². The molecule has 1 aromatic heterocycles. The average Bonchev–Trinajstić information content (AvgIpc) is 2.60. The molecule has 7 heteroatoms. The van der Waals surface area contributed by atoms with E-state index in [0.717, 1.165) is 0 Å². The smallest absolute Gasteiger partial charge is 0.339 e. The first kappa shape index (κ1) is 15.4. The van der Waals surface area contributed by atoms with E-state index in [1.165, 1.54) is 6.20 Å². The molecule has 1 aliphatic heterocycles. The Morgan fingerprint density at radius 1 is 1.26 bits per heavy atom. The second kappa shape index (κ2) is 6.29. The predicted octanol–water partition coefficient (Wildman–Crippen LogP) is 1.79. The summed E-state index contributed by atoms with van der Waals surface area (Å²) in [6.45, 7) is 2.37. The molecule has 23 heavy (non-hydrogen) atoms. The first-order valence-corrected chi connectivity index (χ1v) is 7.26. The van der Waals surface area contributed by atoms with Crippen molar-refractivity contribution in [3.63, 3.8) is 0 Å². The van der Waals surface area contributed by atoms with E-state index in [1.54, 1.807) is 26.4 Å². The molecule has 1 fully saturated rings. The predicted molar refractivity (Wildman–Crippen MR) is 84.8 cm³/mol. The maximum absolute atomic E-state index is 11.7. The van der Waals surface area contributed by atoms with Crippen molar-refractivity contribution >= 4 is 22.6 Å². The van der Waals surface area contributed by atoms with Crippen molar-refractivity contribution < 1.29 is 24.1 Å². The van der Waals surface area contributed by atoms with Crippen molar-refractivity contribution in [3.05, 3.63) is 23.9 Å². The molecule has 1 aromatic carbocycles. The quantitative estimate of drug-likeness (QED) is 0.920. The lowest BCUT2D eigenvalue weighted by molar-refractivity contribution is 0.0696. The minimum atomic E-state index is -1.01. The van der Waals surface area contributed by atoms with Gasteiger partial charge in [-0.05, 0) is 6.07 Å². The SMILES string of the molecule is COc1cc(OC)c2ncc(C(=O)O)c(N3CCOCC3)c2c1. The minimum absolute atomic E-state index is 0.162. The summed E-state index contributed by atoms with van der Waals surface area (Å²) in [5, 5.41) is 10.2. The Labute approximate surface area is 133 Å².